The summed E-state index contributed by atoms with van der Waals surface area (Å²) < 4.78 is 5.52. The van der Waals surface area contributed by atoms with E-state index in [4.69, 9.17) is 17.0 Å². The fourth-order valence-electron chi connectivity index (χ4n) is 2.79. The zero-order valence-corrected chi connectivity index (χ0v) is 15.6. The van der Waals surface area contributed by atoms with Crippen molar-refractivity contribution in [3.63, 3.8) is 0 Å². The molecule has 7 heteroatoms. The van der Waals surface area contributed by atoms with Crippen LogP contribution in [0.5, 0.6) is 0 Å². The second-order valence-electron chi connectivity index (χ2n) is 7.05. The van der Waals surface area contributed by atoms with Gasteiger partial charge < -0.3 is 14.5 Å². The molecule has 0 radical (unpaired) electrons. The average molecular weight is 348 g/mol. The van der Waals surface area contributed by atoms with Crippen LogP contribution in [-0.4, -0.2) is 51.9 Å². The molecule has 0 unspecified atom stereocenters. The number of isothiocyanates is 1. The molecule has 0 aromatic carbocycles. The highest BCUT2D eigenvalue weighted by atomic mass is 32.1. The number of aromatic nitrogens is 1. The summed E-state index contributed by atoms with van der Waals surface area (Å²) in [5.41, 5.74) is 1.14. The first-order valence-corrected chi connectivity index (χ1v) is 8.42. The number of rotatable bonds is 2. The molecule has 1 aromatic heterocycles. The van der Waals surface area contributed by atoms with Crippen molar-refractivity contribution < 1.29 is 9.53 Å². The monoisotopic (exact) mass is 348 g/mol. The molecular weight excluding hydrogens is 324 g/mol. The second kappa shape index (κ2) is 7.28. The minimum Gasteiger partial charge on any atom is -0.444 e. The van der Waals surface area contributed by atoms with E-state index in [2.05, 4.69) is 27.0 Å². The number of carbonyl (C=O) groups excluding carboxylic acids is 1. The summed E-state index contributed by atoms with van der Waals surface area (Å²) in [5.74, 6) is 0. The molecular formula is C17H24N4O2S. The van der Waals surface area contributed by atoms with Crippen molar-refractivity contribution in [2.75, 3.05) is 18.0 Å². The molecule has 2 atom stereocenters. The lowest BCUT2D eigenvalue weighted by atomic mass is 10.1. The van der Waals surface area contributed by atoms with Crippen LogP contribution in [0.25, 0.3) is 0 Å². The minimum absolute atomic E-state index is 0.0218. The Bertz CT molecular complexity index is 652. The molecule has 0 aliphatic carbocycles. The van der Waals surface area contributed by atoms with Gasteiger partial charge in [-0.1, -0.05) is 0 Å². The molecule has 130 valence electrons. The van der Waals surface area contributed by atoms with Crippen molar-refractivity contribution in [2.45, 2.75) is 52.3 Å². The van der Waals surface area contributed by atoms with Crippen LogP contribution in [0.2, 0.25) is 0 Å². The van der Waals surface area contributed by atoms with E-state index in [1.807, 2.05) is 33.8 Å². The van der Waals surface area contributed by atoms with Crippen molar-refractivity contribution in [1.29, 1.82) is 0 Å². The Labute approximate surface area is 148 Å². The zero-order chi connectivity index (χ0) is 17.9. The van der Waals surface area contributed by atoms with E-state index in [0.717, 1.165) is 5.69 Å². The smallest absolute Gasteiger partial charge is 0.410 e. The number of piperazine rings is 1. The molecule has 1 aliphatic rings. The summed E-state index contributed by atoms with van der Waals surface area (Å²) in [5, 5.41) is 2.40. The third-order valence-corrected chi connectivity index (χ3v) is 3.96. The van der Waals surface area contributed by atoms with Gasteiger partial charge in [0.15, 0.2) is 0 Å². The van der Waals surface area contributed by atoms with Crippen LogP contribution >= 0.6 is 12.2 Å². The van der Waals surface area contributed by atoms with E-state index in [0.29, 0.717) is 18.8 Å². The zero-order valence-electron chi connectivity index (χ0n) is 14.8. The van der Waals surface area contributed by atoms with E-state index in [-0.39, 0.29) is 18.2 Å². The van der Waals surface area contributed by atoms with Crippen molar-refractivity contribution in [1.82, 2.24) is 9.88 Å². The number of aliphatic imine (C=N–C) groups is 1. The molecule has 2 heterocycles. The van der Waals surface area contributed by atoms with Crippen LogP contribution in [0.1, 0.15) is 34.6 Å². The highest BCUT2D eigenvalue weighted by Crippen LogP contribution is 2.31. The molecule has 1 aromatic rings. The highest BCUT2D eigenvalue weighted by Gasteiger charge is 2.35. The largest absolute Gasteiger partial charge is 0.444 e. The third-order valence-electron chi connectivity index (χ3n) is 3.87. The number of ether oxygens (including phenoxy) is 1. The van der Waals surface area contributed by atoms with Gasteiger partial charge in [-0.25, -0.2) is 4.79 Å². The van der Waals surface area contributed by atoms with Crippen molar-refractivity contribution >= 4 is 34.8 Å². The van der Waals surface area contributed by atoms with E-state index in [9.17, 15) is 4.79 Å². The van der Waals surface area contributed by atoms with Crippen molar-refractivity contribution in [3.05, 3.63) is 18.5 Å². The summed E-state index contributed by atoms with van der Waals surface area (Å²) in [4.78, 5) is 24.6. The Balaban J connectivity index is 2.19. The number of pyridine rings is 1. The Kier molecular flexibility index (Phi) is 5.57. The number of hydrogen-bond donors (Lipinski definition) is 0. The molecule has 1 amide bonds. The topological polar surface area (TPSA) is 58.0 Å². The Morgan fingerprint density at radius 2 is 2.08 bits per heavy atom. The van der Waals surface area contributed by atoms with Gasteiger partial charge in [0.2, 0.25) is 0 Å². The maximum Gasteiger partial charge on any atom is 0.410 e. The standard InChI is InChI=1S/C17H24N4O2S/c1-12-10-21(16(22)23-17(3,4)5)13(2)9-20(12)15-6-7-18-8-14(15)19-11-24/h6-8,12-13H,9-10H2,1-5H3/t12-,13+/m1/s1. The van der Waals surface area contributed by atoms with Crippen LogP contribution in [0, 0.1) is 0 Å². The molecule has 0 bridgehead atoms. The average Bonchev–Trinajstić information content (AvgIpc) is 2.48. The summed E-state index contributed by atoms with van der Waals surface area (Å²) in [6.07, 6.45) is 3.13. The molecule has 0 spiro atoms. The van der Waals surface area contributed by atoms with Crippen LogP contribution in [0.4, 0.5) is 16.2 Å². The predicted octanol–water partition coefficient (Wildman–Crippen LogP) is 3.65. The highest BCUT2D eigenvalue weighted by molar-refractivity contribution is 7.78. The van der Waals surface area contributed by atoms with Gasteiger partial charge in [-0.15, -0.1) is 0 Å². The minimum atomic E-state index is -0.497. The van der Waals surface area contributed by atoms with Gasteiger partial charge in [0, 0.05) is 31.4 Å². The summed E-state index contributed by atoms with van der Waals surface area (Å²) >= 11 is 4.72. The molecule has 0 N–H and O–H groups in total. The van der Waals surface area contributed by atoms with Gasteiger partial charge in [-0.3, -0.25) is 4.98 Å². The van der Waals surface area contributed by atoms with Crippen molar-refractivity contribution in [3.8, 4) is 0 Å². The fraction of sp³-hybridized carbons (Fsp3) is 0.588. The summed E-state index contributed by atoms with van der Waals surface area (Å²) in [6, 6.07) is 2.06. The molecule has 0 saturated carbocycles. The fourth-order valence-corrected chi connectivity index (χ4v) is 2.89. The Morgan fingerprint density at radius 3 is 2.71 bits per heavy atom. The number of thiocarbonyl (C=S) groups is 1. The first kappa shape index (κ1) is 18.4. The van der Waals surface area contributed by atoms with E-state index >= 15 is 0 Å². The van der Waals surface area contributed by atoms with E-state index < -0.39 is 5.60 Å². The molecule has 1 aliphatic heterocycles. The second-order valence-corrected chi connectivity index (χ2v) is 7.23. The lowest BCUT2D eigenvalue weighted by Crippen LogP contribution is -2.59. The van der Waals surface area contributed by atoms with Crippen LogP contribution in [-0.2, 0) is 4.74 Å². The summed E-state index contributed by atoms with van der Waals surface area (Å²) in [7, 11) is 0. The Morgan fingerprint density at radius 1 is 1.38 bits per heavy atom. The molecule has 24 heavy (non-hydrogen) atoms. The molecule has 6 nitrogen and oxygen atoms in total. The van der Waals surface area contributed by atoms with Gasteiger partial charge in [0.25, 0.3) is 0 Å². The number of hydrogen-bond acceptors (Lipinski definition) is 6. The van der Waals surface area contributed by atoms with Crippen LogP contribution in [0.3, 0.4) is 0 Å². The number of amides is 1. The van der Waals surface area contributed by atoms with E-state index in [1.165, 1.54) is 0 Å². The van der Waals surface area contributed by atoms with Crippen molar-refractivity contribution in [2.24, 2.45) is 4.99 Å². The van der Waals surface area contributed by atoms with Crippen LogP contribution < -0.4 is 4.90 Å². The third kappa shape index (κ3) is 4.30. The quantitative estimate of drug-likeness (QED) is 0.603. The number of anilines is 1. The number of carbonyl (C=O) groups is 1. The predicted molar refractivity (Wildman–Crippen MR) is 98.1 cm³/mol. The maximum atomic E-state index is 12.4. The molecule has 1 saturated heterocycles. The normalized spacial score (nSPS) is 21.2. The van der Waals surface area contributed by atoms with Gasteiger partial charge in [-0.2, -0.15) is 4.99 Å². The van der Waals surface area contributed by atoms with Gasteiger partial charge >= 0.3 is 6.09 Å². The van der Waals surface area contributed by atoms with Crippen LogP contribution in [0.15, 0.2) is 23.5 Å². The Hall–Kier alpha value is -1.98. The first-order valence-electron chi connectivity index (χ1n) is 8.01. The number of nitrogens with zero attached hydrogens (tertiary/aromatic N) is 4. The van der Waals surface area contributed by atoms with Gasteiger partial charge in [-0.05, 0) is 52.9 Å². The molecule has 1 fully saturated rings. The SMILES string of the molecule is C[C@@H]1CN(C(=O)OC(C)(C)C)[C@@H](C)CN1c1ccncc1N=C=S. The summed E-state index contributed by atoms with van der Waals surface area (Å²) in [6.45, 7) is 11.0. The van der Waals surface area contributed by atoms with E-state index in [1.54, 1.807) is 17.3 Å². The lowest BCUT2D eigenvalue weighted by Gasteiger charge is -2.45. The lowest BCUT2D eigenvalue weighted by molar-refractivity contribution is 0.0130. The molecule has 2 rings (SSSR count). The van der Waals surface area contributed by atoms with Gasteiger partial charge in [0.1, 0.15) is 11.3 Å². The maximum absolute atomic E-state index is 12.4. The van der Waals surface area contributed by atoms with Gasteiger partial charge in [0.05, 0.1) is 17.0 Å². The first-order chi connectivity index (χ1) is 11.2.